The topological polar surface area (TPSA) is 38.1 Å². The Bertz CT molecular complexity index is 924. The van der Waals surface area contributed by atoms with Crippen molar-refractivity contribution in [2.75, 3.05) is 4.90 Å². The normalized spacial score (nSPS) is 13.1. The Morgan fingerprint density at radius 2 is 2.00 bits per heavy atom. The van der Waals surface area contributed by atoms with Gasteiger partial charge in [0.2, 0.25) is 0 Å². The molecule has 1 aliphatic rings. The standard InChI is InChI=1S/C20H18FN3O/c1-14(25)16-5-3-7-19(9-16)23-11-17-12-24(22-20(17)13-23)10-15-4-2-6-18(21)8-15/h2-9,12H,10-11,13H2,1H3. The van der Waals surface area contributed by atoms with Gasteiger partial charge in [0.25, 0.3) is 0 Å². The zero-order chi connectivity index (χ0) is 17.4. The highest BCUT2D eigenvalue weighted by Crippen LogP contribution is 2.28. The molecule has 25 heavy (non-hydrogen) atoms. The number of fused-ring (bicyclic) bond motifs is 1. The van der Waals surface area contributed by atoms with Gasteiger partial charge >= 0.3 is 0 Å². The Kier molecular flexibility index (Phi) is 3.84. The van der Waals surface area contributed by atoms with E-state index >= 15 is 0 Å². The third-order valence-corrected chi connectivity index (χ3v) is 4.48. The van der Waals surface area contributed by atoms with E-state index in [1.165, 1.54) is 17.7 Å². The van der Waals surface area contributed by atoms with Crippen LogP contribution >= 0.6 is 0 Å². The Morgan fingerprint density at radius 1 is 1.16 bits per heavy atom. The van der Waals surface area contributed by atoms with Crippen LogP contribution in [-0.2, 0) is 19.6 Å². The maximum Gasteiger partial charge on any atom is 0.159 e. The summed E-state index contributed by atoms with van der Waals surface area (Å²) in [6.45, 7) is 3.62. The zero-order valence-electron chi connectivity index (χ0n) is 13.9. The number of aromatic nitrogens is 2. The predicted octanol–water partition coefficient (Wildman–Crippen LogP) is 3.79. The van der Waals surface area contributed by atoms with Crippen molar-refractivity contribution >= 4 is 11.5 Å². The van der Waals surface area contributed by atoms with E-state index in [1.54, 1.807) is 13.0 Å². The summed E-state index contributed by atoms with van der Waals surface area (Å²) in [6.07, 6.45) is 2.02. The van der Waals surface area contributed by atoms with Gasteiger partial charge in [0.15, 0.2) is 5.78 Å². The maximum absolute atomic E-state index is 13.3. The van der Waals surface area contributed by atoms with Crippen LogP contribution < -0.4 is 4.90 Å². The van der Waals surface area contributed by atoms with Crippen molar-refractivity contribution in [2.45, 2.75) is 26.6 Å². The van der Waals surface area contributed by atoms with Crippen molar-refractivity contribution in [2.24, 2.45) is 0 Å². The van der Waals surface area contributed by atoms with Gasteiger partial charge in [-0.15, -0.1) is 0 Å². The lowest BCUT2D eigenvalue weighted by Crippen LogP contribution is -2.16. The summed E-state index contributed by atoms with van der Waals surface area (Å²) in [4.78, 5) is 13.8. The molecule has 4 nitrogen and oxygen atoms in total. The number of carbonyl (C=O) groups is 1. The second-order valence-corrected chi connectivity index (χ2v) is 6.39. The van der Waals surface area contributed by atoms with Crippen molar-refractivity contribution in [1.82, 2.24) is 9.78 Å². The first-order chi connectivity index (χ1) is 12.1. The molecule has 2 heterocycles. The summed E-state index contributed by atoms with van der Waals surface area (Å²) in [6, 6.07) is 14.3. The lowest BCUT2D eigenvalue weighted by molar-refractivity contribution is 0.101. The number of carbonyl (C=O) groups excluding carboxylic acids is 1. The number of halogens is 1. The molecule has 0 amide bonds. The Hall–Kier alpha value is -2.95. The summed E-state index contributed by atoms with van der Waals surface area (Å²) in [5, 5.41) is 4.63. The van der Waals surface area contributed by atoms with Gasteiger partial charge in [0.1, 0.15) is 5.82 Å². The molecule has 3 aromatic rings. The average Bonchev–Trinajstić information content (AvgIpc) is 3.13. The molecule has 0 aliphatic carbocycles. The van der Waals surface area contributed by atoms with E-state index in [4.69, 9.17) is 0 Å². The molecule has 0 spiro atoms. The van der Waals surface area contributed by atoms with E-state index in [1.807, 2.05) is 41.2 Å². The van der Waals surface area contributed by atoms with Crippen LogP contribution in [0.1, 0.15) is 34.1 Å². The molecule has 0 fully saturated rings. The van der Waals surface area contributed by atoms with Gasteiger partial charge in [-0.25, -0.2) is 4.39 Å². The number of nitrogens with zero attached hydrogens (tertiary/aromatic N) is 3. The minimum atomic E-state index is -0.228. The van der Waals surface area contributed by atoms with Crippen LogP contribution in [-0.4, -0.2) is 15.6 Å². The van der Waals surface area contributed by atoms with Crippen LogP contribution in [0.15, 0.2) is 54.7 Å². The van der Waals surface area contributed by atoms with E-state index in [9.17, 15) is 9.18 Å². The van der Waals surface area contributed by atoms with E-state index in [0.717, 1.165) is 29.1 Å². The summed E-state index contributed by atoms with van der Waals surface area (Å²) in [5.41, 5.74) is 4.85. The molecule has 0 saturated heterocycles. The number of ketones is 1. The van der Waals surface area contributed by atoms with Gasteiger partial charge in [0, 0.05) is 29.6 Å². The number of anilines is 1. The Balaban J connectivity index is 1.50. The van der Waals surface area contributed by atoms with E-state index in [0.29, 0.717) is 13.1 Å². The van der Waals surface area contributed by atoms with Crippen molar-refractivity contribution in [3.8, 4) is 0 Å². The highest BCUT2D eigenvalue weighted by Gasteiger charge is 2.23. The number of hydrogen-bond donors (Lipinski definition) is 0. The van der Waals surface area contributed by atoms with Crippen molar-refractivity contribution in [3.63, 3.8) is 0 Å². The lowest BCUT2D eigenvalue weighted by Gasteiger charge is -2.18. The van der Waals surface area contributed by atoms with Gasteiger partial charge < -0.3 is 4.90 Å². The molecule has 0 atom stereocenters. The lowest BCUT2D eigenvalue weighted by atomic mass is 10.1. The number of benzene rings is 2. The van der Waals surface area contributed by atoms with Gasteiger partial charge in [-0.3, -0.25) is 9.48 Å². The van der Waals surface area contributed by atoms with E-state index in [2.05, 4.69) is 10.00 Å². The maximum atomic E-state index is 13.3. The number of rotatable bonds is 4. The second kappa shape index (κ2) is 6.16. The molecule has 0 radical (unpaired) electrons. The highest BCUT2D eigenvalue weighted by molar-refractivity contribution is 5.95. The smallest absolute Gasteiger partial charge is 0.159 e. The predicted molar refractivity (Wildman–Crippen MR) is 94.1 cm³/mol. The van der Waals surface area contributed by atoms with E-state index in [-0.39, 0.29) is 11.6 Å². The second-order valence-electron chi connectivity index (χ2n) is 6.39. The zero-order valence-corrected chi connectivity index (χ0v) is 13.9. The van der Waals surface area contributed by atoms with Crippen LogP contribution in [0.2, 0.25) is 0 Å². The molecule has 1 aliphatic heterocycles. The molecule has 0 saturated carbocycles. The minimum absolute atomic E-state index is 0.0686. The first-order valence-electron chi connectivity index (χ1n) is 8.24. The largest absolute Gasteiger partial charge is 0.361 e. The van der Waals surface area contributed by atoms with Gasteiger partial charge in [-0.2, -0.15) is 5.10 Å². The summed E-state index contributed by atoms with van der Waals surface area (Å²) in [7, 11) is 0. The summed E-state index contributed by atoms with van der Waals surface area (Å²) < 4.78 is 15.2. The molecule has 1 aromatic heterocycles. The molecule has 126 valence electrons. The number of hydrogen-bond acceptors (Lipinski definition) is 3. The molecular weight excluding hydrogens is 317 g/mol. The van der Waals surface area contributed by atoms with Crippen molar-refractivity contribution < 1.29 is 9.18 Å². The summed E-state index contributed by atoms with van der Waals surface area (Å²) >= 11 is 0. The quantitative estimate of drug-likeness (QED) is 0.681. The monoisotopic (exact) mass is 335 g/mol. The van der Waals surface area contributed by atoms with Crippen molar-refractivity contribution in [3.05, 3.63) is 82.9 Å². The molecule has 0 N–H and O–H groups in total. The fraction of sp³-hybridized carbons (Fsp3) is 0.200. The van der Waals surface area contributed by atoms with Crippen LogP contribution in [0.4, 0.5) is 10.1 Å². The Morgan fingerprint density at radius 3 is 2.76 bits per heavy atom. The highest BCUT2D eigenvalue weighted by atomic mass is 19.1. The van der Waals surface area contributed by atoms with Crippen LogP contribution in [0.25, 0.3) is 0 Å². The SMILES string of the molecule is CC(=O)c1cccc(N2Cc3cn(Cc4cccc(F)c4)nc3C2)c1. The molecule has 2 aromatic carbocycles. The minimum Gasteiger partial charge on any atom is -0.361 e. The average molecular weight is 335 g/mol. The van der Waals surface area contributed by atoms with Crippen LogP contribution in [0, 0.1) is 5.82 Å². The molecule has 4 rings (SSSR count). The first kappa shape index (κ1) is 15.6. The Labute approximate surface area is 145 Å². The fourth-order valence-electron chi connectivity index (χ4n) is 3.22. The van der Waals surface area contributed by atoms with Gasteiger partial charge in [-0.1, -0.05) is 24.3 Å². The van der Waals surface area contributed by atoms with Crippen LogP contribution in [0.3, 0.4) is 0 Å². The molecule has 5 heteroatoms. The fourth-order valence-corrected chi connectivity index (χ4v) is 3.22. The molecule has 0 bridgehead atoms. The summed E-state index contributed by atoms with van der Waals surface area (Å²) in [5.74, 6) is -0.159. The third kappa shape index (κ3) is 3.18. The first-order valence-corrected chi connectivity index (χ1v) is 8.24. The number of Topliss-reactive ketones (excluding diaryl/α,β-unsaturated/α-hetero) is 1. The molecule has 0 unspecified atom stereocenters. The van der Waals surface area contributed by atoms with Gasteiger partial charge in [-0.05, 0) is 36.8 Å². The van der Waals surface area contributed by atoms with Gasteiger partial charge in [0.05, 0.1) is 18.8 Å². The van der Waals surface area contributed by atoms with Crippen LogP contribution in [0.5, 0.6) is 0 Å². The third-order valence-electron chi connectivity index (χ3n) is 4.48. The van der Waals surface area contributed by atoms with E-state index < -0.39 is 0 Å². The molecular formula is C20H18FN3O. The van der Waals surface area contributed by atoms with Crippen molar-refractivity contribution in [1.29, 1.82) is 0 Å².